The predicted molar refractivity (Wildman–Crippen MR) is 73.8 cm³/mol. The standard InChI is InChI=1S/C13H25N5/c1-3-9-17(11-12-5-7-14-8-6-12)13-10-15-16-18(13)4-2/h10,12,14H,3-9,11H2,1-2H3. The van der Waals surface area contributed by atoms with Gasteiger partial charge >= 0.3 is 0 Å². The highest BCUT2D eigenvalue weighted by molar-refractivity contribution is 5.35. The lowest BCUT2D eigenvalue weighted by molar-refractivity contribution is 0.371. The van der Waals surface area contributed by atoms with Gasteiger partial charge in [0.25, 0.3) is 0 Å². The lowest BCUT2D eigenvalue weighted by atomic mass is 9.97. The van der Waals surface area contributed by atoms with E-state index >= 15 is 0 Å². The number of rotatable bonds is 6. The molecule has 0 radical (unpaired) electrons. The topological polar surface area (TPSA) is 46.0 Å². The van der Waals surface area contributed by atoms with Gasteiger partial charge in [0.15, 0.2) is 0 Å². The molecule has 5 nitrogen and oxygen atoms in total. The molecule has 1 aliphatic rings. The molecule has 102 valence electrons. The number of aryl methyl sites for hydroxylation is 1. The zero-order valence-electron chi connectivity index (χ0n) is 11.6. The molecule has 1 aromatic rings. The molecule has 0 spiro atoms. The monoisotopic (exact) mass is 251 g/mol. The van der Waals surface area contributed by atoms with Crippen molar-refractivity contribution in [1.29, 1.82) is 0 Å². The lowest BCUT2D eigenvalue weighted by Crippen LogP contribution is -2.37. The van der Waals surface area contributed by atoms with E-state index in [4.69, 9.17) is 0 Å². The first-order valence-corrected chi connectivity index (χ1v) is 7.19. The van der Waals surface area contributed by atoms with Gasteiger partial charge in [-0.2, -0.15) is 0 Å². The Morgan fingerprint density at radius 3 is 2.83 bits per heavy atom. The molecule has 1 aromatic heterocycles. The summed E-state index contributed by atoms with van der Waals surface area (Å²) in [5, 5.41) is 11.6. The highest BCUT2D eigenvalue weighted by Crippen LogP contribution is 2.19. The number of hydrogen-bond acceptors (Lipinski definition) is 4. The quantitative estimate of drug-likeness (QED) is 0.832. The fourth-order valence-electron chi connectivity index (χ4n) is 2.67. The minimum absolute atomic E-state index is 0.804. The van der Waals surface area contributed by atoms with Crippen molar-refractivity contribution >= 4 is 5.82 Å². The summed E-state index contributed by atoms with van der Waals surface area (Å²) in [6.07, 6.45) is 5.64. The highest BCUT2D eigenvalue weighted by Gasteiger charge is 2.19. The first-order valence-electron chi connectivity index (χ1n) is 7.19. The number of anilines is 1. The van der Waals surface area contributed by atoms with E-state index in [-0.39, 0.29) is 0 Å². The molecule has 1 N–H and O–H groups in total. The molecule has 0 amide bonds. The molecular weight excluding hydrogens is 226 g/mol. The van der Waals surface area contributed by atoms with Crippen molar-refractivity contribution in [3.63, 3.8) is 0 Å². The van der Waals surface area contributed by atoms with Gasteiger partial charge in [0.05, 0.1) is 6.20 Å². The second-order valence-electron chi connectivity index (χ2n) is 5.05. The van der Waals surface area contributed by atoms with Gasteiger partial charge in [-0.05, 0) is 45.2 Å². The number of piperidine rings is 1. The number of aromatic nitrogens is 3. The van der Waals surface area contributed by atoms with Crippen molar-refractivity contribution < 1.29 is 0 Å². The fourth-order valence-corrected chi connectivity index (χ4v) is 2.67. The number of hydrogen-bond donors (Lipinski definition) is 1. The molecule has 2 heterocycles. The van der Waals surface area contributed by atoms with Crippen LogP contribution in [0.3, 0.4) is 0 Å². The van der Waals surface area contributed by atoms with E-state index in [1.165, 1.54) is 25.1 Å². The Morgan fingerprint density at radius 1 is 1.39 bits per heavy atom. The maximum Gasteiger partial charge on any atom is 0.147 e. The SMILES string of the molecule is CCCN(CC1CCNCC1)c1cnnn1CC. The van der Waals surface area contributed by atoms with E-state index in [1.807, 2.05) is 10.9 Å². The highest BCUT2D eigenvalue weighted by atomic mass is 15.5. The van der Waals surface area contributed by atoms with Crippen LogP contribution in [-0.4, -0.2) is 41.2 Å². The summed E-state index contributed by atoms with van der Waals surface area (Å²) in [5.41, 5.74) is 0. The van der Waals surface area contributed by atoms with Gasteiger partial charge in [-0.25, -0.2) is 4.68 Å². The summed E-state index contributed by atoms with van der Waals surface area (Å²) in [4.78, 5) is 2.46. The Hall–Kier alpha value is -1.10. The van der Waals surface area contributed by atoms with Crippen molar-refractivity contribution in [2.75, 3.05) is 31.1 Å². The molecule has 0 saturated carbocycles. The van der Waals surface area contributed by atoms with Gasteiger partial charge in [-0.1, -0.05) is 12.1 Å². The number of nitrogens with zero attached hydrogens (tertiary/aromatic N) is 4. The predicted octanol–water partition coefficient (Wildman–Crippen LogP) is 1.51. The molecule has 0 bridgehead atoms. The first kappa shape index (κ1) is 13.3. The van der Waals surface area contributed by atoms with E-state index in [0.29, 0.717) is 0 Å². The lowest BCUT2D eigenvalue weighted by Gasteiger charge is -2.31. The average Bonchev–Trinajstić information content (AvgIpc) is 2.87. The third-order valence-electron chi connectivity index (χ3n) is 3.65. The Balaban J connectivity index is 2.02. The van der Waals surface area contributed by atoms with Gasteiger partial charge in [-0.15, -0.1) is 5.10 Å². The van der Waals surface area contributed by atoms with Crippen LogP contribution in [0, 0.1) is 5.92 Å². The van der Waals surface area contributed by atoms with E-state index in [2.05, 4.69) is 34.4 Å². The zero-order chi connectivity index (χ0) is 12.8. The van der Waals surface area contributed by atoms with Gasteiger partial charge in [-0.3, -0.25) is 0 Å². The van der Waals surface area contributed by atoms with Crippen molar-refractivity contribution in [2.45, 2.75) is 39.7 Å². The molecule has 1 fully saturated rings. The Bertz CT molecular complexity index is 343. The van der Waals surface area contributed by atoms with E-state index in [1.54, 1.807) is 0 Å². The molecular formula is C13H25N5. The van der Waals surface area contributed by atoms with Gasteiger partial charge in [0.2, 0.25) is 0 Å². The molecule has 18 heavy (non-hydrogen) atoms. The zero-order valence-corrected chi connectivity index (χ0v) is 11.6. The van der Waals surface area contributed by atoms with E-state index in [9.17, 15) is 0 Å². The van der Waals surface area contributed by atoms with Crippen LogP contribution in [0.15, 0.2) is 6.20 Å². The van der Waals surface area contributed by atoms with Crippen molar-refractivity contribution in [2.24, 2.45) is 5.92 Å². The van der Waals surface area contributed by atoms with Crippen LogP contribution in [-0.2, 0) is 6.54 Å². The molecule has 0 aliphatic carbocycles. The molecule has 0 aromatic carbocycles. The summed E-state index contributed by atoms with van der Waals surface area (Å²) < 4.78 is 2.00. The van der Waals surface area contributed by atoms with Crippen molar-refractivity contribution in [1.82, 2.24) is 20.3 Å². The largest absolute Gasteiger partial charge is 0.355 e. The summed E-state index contributed by atoms with van der Waals surface area (Å²) in [7, 11) is 0. The summed E-state index contributed by atoms with van der Waals surface area (Å²) in [6.45, 7) is 9.80. The van der Waals surface area contributed by atoms with Gasteiger partial charge < -0.3 is 10.2 Å². The Morgan fingerprint density at radius 2 is 2.17 bits per heavy atom. The van der Waals surface area contributed by atoms with E-state index in [0.717, 1.165) is 38.6 Å². The minimum Gasteiger partial charge on any atom is -0.355 e. The van der Waals surface area contributed by atoms with Crippen molar-refractivity contribution in [3.05, 3.63) is 6.20 Å². The van der Waals surface area contributed by atoms with Crippen LogP contribution in [0.25, 0.3) is 0 Å². The molecule has 0 atom stereocenters. The Labute approximate surface area is 110 Å². The van der Waals surface area contributed by atoms with Gasteiger partial charge in [0, 0.05) is 19.6 Å². The van der Waals surface area contributed by atoms with Crippen LogP contribution in [0.5, 0.6) is 0 Å². The second kappa shape index (κ2) is 6.73. The second-order valence-corrected chi connectivity index (χ2v) is 5.05. The molecule has 2 rings (SSSR count). The summed E-state index contributed by atoms with van der Waals surface area (Å²) >= 11 is 0. The normalized spacial score (nSPS) is 17.0. The smallest absolute Gasteiger partial charge is 0.147 e. The van der Waals surface area contributed by atoms with E-state index < -0.39 is 0 Å². The molecule has 0 unspecified atom stereocenters. The van der Waals surface area contributed by atoms with Crippen LogP contribution in [0.4, 0.5) is 5.82 Å². The molecule has 1 saturated heterocycles. The fraction of sp³-hybridized carbons (Fsp3) is 0.846. The third kappa shape index (κ3) is 3.22. The summed E-state index contributed by atoms with van der Waals surface area (Å²) in [5.74, 6) is 1.98. The number of nitrogens with one attached hydrogen (secondary N) is 1. The maximum absolute atomic E-state index is 4.14. The Kier molecular flexibility index (Phi) is 4.99. The van der Waals surface area contributed by atoms with Crippen LogP contribution >= 0.6 is 0 Å². The minimum atomic E-state index is 0.804. The average molecular weight is 251 g/mol. The van der Waals surface area contributed by atoms with Crippen LogP contribution in [0.2, 0.25) is 0 Å². The first-order chi connectivity index (χ1) is 8.85. The van der Waals surface area contributed by atoms with Crippen LogP contribution < -0.4 is 10.2 Å². The molecule has 1 aliphatic heterocycles. The third-order valence-corrected chi connectivity index (χ3v) is 3.65. The van der Waals surface area contributed by atoms with Gasteiger partial charge in [0.1, 0.15) is 5.82 Å². The molecule has 5 heteroatoms. The summed E-state index contributed by atoms with van der Waals surface area (Å²) in [6, 6.07) is 0. The maximum atomic E-state index is 4.14. The van der Waals surface area contributed by atoms with Crippen molar-refractivity contribution in [3.8, 4) is 0 Å². The van der Waals surface area contributed by atoms with Crippen LogP contribution in [0.1, 0.15) is 33.1 Å².